The molecule has 0 bridgehead atoms. The van der Waals surface area contributed by atoms with Crippen molar-refractivity contribution in [3.8, 4) is 33.4 Å². The van der Waals surface area contributed by atoms with Crippen molar-refractivity contribution in [3.63, 3.8) is 0 Å². The lowest BCUT2D eigenvalue weighted by atomic mass is 9.64. The molecule has 330 valence electrons. The smallest absolute Gasteiger partial charge is 0.0714 e. The molecule has 9 aromatic carbocycles. The minimum Gasteiger partial charge on any atom is -0.0776 e. The molecule has 0 fully saturated rings. The topological polar surface area (TPSA) is 0 Å². The molecule has 0 N–H and O–H groups in total. The molecule has 0 saturated heterocycles. The van der Waals surface area contributed by atoms with E-state index in [1.54, 1.807) is 0 Å². The Morgan fingerprint density at radius 3 is 1.28 bits per heavy atom. The summed E-state index contributed by atoms with van der Waals surface area (Å²) in [6, 6.07) is 87.7. The van der Waals surface area contributed by atoms with Gasteiger partial charge in [-0.25, -0.2) is 0 Å². The lowest BCUT2D eigenvalue weighted by Crippen LogP contribution is -2.30. The molecule has 0 heterocycles. The molecule has 67 heavy (non-hydrogen) atoms. The third-order valence-corrected chi connectivity index (χ3v) is 13.4. The number of rotatable bonds is 7. The van der Waals surface area contributed by atoms with Crippen molar-refractivity contribution in [3.05, 3.63) is 298 Å². The van der Waals surface area contributed by atoms with Gasteiger partial charge < -0.3 is 0 Å². The van der Waals surface area contributed by atoms with Gasteiger partial charge in [0, 0.05) is 0 Å². The first-order chi connectivity index (χ1) is 32.8. The van der Waals surface area contributed by atoms with Crippen LogP contribution >= 0.6 is 0 Å². The minimum atomic E-state index is -0.488. The van der Waals surface area contributed by atoms with Gasteiger partial charge in [-0.1, -0.05) is 279 Å². The van der Waals surface area contributed by atoms with Gasteiger partial charge in [-0.2, -0.15) is 0 Å². The maximum Gasteiger partial charge on any atom is 0.0714 e. The minimum absolute atomic E-state index is 0. The van der Waals surface area contributed by atoms with E-state index in [1.807, 2.05) is 41.5 Å². The predicted octanol–water partition coefficient (Wildman–Crippen LogP) is 18.3. The Morgan fingerprint density at radius 1 is 0.284 bits per heavy atom. The monoisotopic (exact) mass is 866 g/mol. The largest absolute Gasteiger partial charge is 0.0776 e. The normalized spacial score (nSPS) is 15.1. The summed E-state index contributed by atoms with van der Waals surface area (Å²) in [4.78, 5) is 0. The zero-order valence-corrected chi connectivity index (χ0v) is 39.1. The predicted molar refractivity (Wildman–Crippen MR) is 289 cm³/mol. The molecule has 3 aliphatic rings. The van der Waals surface area contributed by atoms with E-state index >= 15 is 0 Å². The number of hydrogen-bond acceptors (Lipinski definition) is 0. The fraction of sp³-hybridized carbons (Fsp3) is 0.134. The Morgan fingerprint density at radius 2 is 0.716 bits per heavy atom. The van der Waals surface area contributed by atoms with Crippen LogP contribution < -0.4 is 0 Å². The van der Waals surface area contributed by atoms with Crippen LogP contribution in [0, 0.1) is 0 Å². The van der Waals surface area contributed by atoms with Gasteiger partial charge in [-0.15, -0.1) is 0 Å². The van der Waals surface area contributed by atoms with Crippen LogP contribution in [0.5, 0.6) is 0 Å². The van der Waals surface area contributed by atoms with Crippen molar-refractivity contribution < 1.29 is 0 Å². The van der Waals surface area contributed by atoms with Gasteiger partial charge in [0.1, 0.15) is 0 Å². The van der Waals surface area contributed by atoms with E-state index in [1.165, 1.54) is 100 Å². The van der Waals surface area contributed by atoms with Gasteiger partial charge in [0.15, 0.2) is 0 Å². The summed E-state index contributed by atoms with van der Waals surface area (Å²) >= 11 is 0. The molecule has 1 unspecified atom stereocenters. The van der Waals surface area contributed by atoms with E-state index in [-0.39, 0.29) is 7.43 Å². The summed E-state index contributed by atoms with van der Waals surface area (Å²) in [6.07, 6.45) is 2.48. The molecule has 3 aliphatic carbocycles. The van der Waals surface area contributed by atoms with Crippen LogP contribution in [-0.4, -0.2) is 0 Å². The third-order valence-electron chi connectivity index (χ3n) is 13.4. The van der Waals surface area contributed by atoms with Crippen LogP contribution in [0.3, 0.4) is 0 Å². The average Bonchev–Trinajstić information content (AvgIpc) is 3.84. The number of allylic oxidation sites excluding steroid dienone is 4. The first-order valence-corrected chi connectivity index (χ1v) is 24.0. The summed E-state index contributed by atoms with van der Waals surface area (Å²) in [5.41, 5.74) is 22.3. The van der Waals surface area contributed by atoms with E-state index in [0.717, 1.165) is 0 Å². The van der Waals surface area contributed by atoms with E-state index in [9.17, 15) is 0 Å². The summed E-state index contributed by atoms with van der Waals surface area (Å²) in [6.45, 7) is 12.0. The molecular formula is C67H62. The summed E-state index contributed by atoms with van der Waals surface area (Å²) < 4.78 is 0. The number of fused-ring (bicyclic) bond motifs is 5. The Hall–Kier alpha value is -7.54. The Labute approximate surface area is 400 Å². The quantitative estimate of drug-likeness (QED) is 0.150. The maximum absolute atomic E-state index is 2.48. The molecule has 0 amide bonds. The van der Waals surface area contributed by atoms with Gasteiger partial charge >= 0.3 is 0 Å². The van der Waals surface area contributed by atoms with E-state index in [4.69, 9.17) is 0 Å². The van der Waals surface area contributed by atoms with Crippen molar-refractivity contribution in [2.24, 2.45) is 0 Å². The molecule has 0 nitrogen and oxygen atoms in total. The van der Waals surface area contributed by atoms with Gasteiger partial charge in [-0.3, -0.25) is 0 Å². The molecule has 0 aliphatic heterocycles. The molecule has 1 atom stereocenters. The van der Waals surface area contributed by atoms with Crippen LogP contribution in [0.25, 0.3) is 44.5 Å². The molecule has 0 saturated carbocycles. The maximum atomic E-state index is 2.48. The molecule has 0 spiro atoms. The molecule has 0 radical (unpaired) electrons. The van der Waals surface area contributed by atoms with Crippen molar-refractivity contribution in [2.75, 3.05) is 0 Å². The SMILES string of the molecule is C.C1=C(c2ccc(C3(c4ccccc4)c4ccccc4-c4c(-c5ccccc5)cccc43)cc2)C2=C1C(c1ccccc1)(c1ccccc1)c1cc(-c3ccccc3)ccc12.CC.CC.CC. The molecule has 9 aromatic rings. The van der Waals surface area contributed by atoms with Crippen LogP contribution in [0.2, 0.25) is 0 Å². The second-order valence-electron chi connectivity index (χ2n) is 16.3. The summed E-state index contributed by atoms with van der Waals surface area (Å²) in [7, 11) is 0. The Kier molecular flexibility index (Phi) is 13.7. The van der Waals surface area contributed by atoms with Crippen LogP contribution in [-0.2, 0) is 10.8 Å². The zero-order chi connectivity index (χ0) is 45.7. The second-order valence-corrected chi connectivity index (χ2v) is 16.3. The highest BCUT2D eigenvalue weighted by molar-refractivity contribution is 6.19. The van der Waals surface area contributed by atoms with E-state index < -0.39 is 10.8 Å². The van der Waals surface area contributed by atoms with E-state index in [2.05, 4.69) is 243 Å². The van der Waals surface area contributed by atoms with Crippen molar-refractivity contribution in [2.45, 2.75) is 59.8 Å². The standard InChI is InChI=1S/C60H40.3C2H6.CH4/c1-6-19-41(20-7-1)44-35-38-51-55(39-44)60(46-25-12-4-13-26-46,47-27-14-5-15-28-47)56-40-52(58(51)56)43-33-36-48(37-34-43)59(45-23-10-3-11-24-45)53-31-17-16-29-50(53)57-49(30-18-32-54(57)59)42-21-8-2-9-22-42;3*1-2;/h1-40H;3*1-2H3;1H4. The average molecular weight is 867 g/mol. The van der Waals surface area contributed by atoms with Crippen LogP contribution in [0.4, 0.5) is 0 Å². The van der Waals surface area contributed by atoms with Crippen molar-refractivity contribution >= 4 is 11.1 Å². The summed E-state index contributed by atoms with van der Waals surface area (Å²) in [5, 5.41) is 0. The lowest BCUT2D eigenvalue weighted by Gasteiger charge is -2.37. The molecule has 0 heteroatoms. The Bertz CT molecular complexity index is 3100. The highest BCUT2D eigenvalue weighted by Crippen LogP contribution is 2.63. The van der Waals surface area contributed by atoms with Crippen LogP contribution in [0.1, 0.15) is 99.0 Å². The van der Waals surface area contributed by atoms with Crippen LogP contribution in [0.15, 0.2) is 248 Å². The summed E-state index contributed by atoms with van der Waals surface area (Å²) in [5.74, 6) is 0. The number of hydrogen-bond donors (Lipinski definition) is 0. The van der Waals surface area contributed by atoms with Gasteiger partial charge in [0.25, 0.3) is 0 Å². The van der Waals surface area contributed by atoms with Gasteiger partial charge in [0.2, 0.25) is 0 Å². The van der Waals surface area contributed by atoms with Gasteiger partial charge in [0.05, 0.1) is 10.8 Å². The highest BCUT2D eigenvalue weighted by atomic mass is 14.5. The fourth-order valence-corrected chi connectivity index (χ4v) is 10.9. The zero-order valence-electron chi connectivity index (χ0n) is 39.1. The Balaban J connectivity index is 0.000000838. The molecular weight excluding hydrogens is 805 g/mol. The fourth-order valence-electron chi connectivity index (χ4n) is 10.9. The third kappa shape index (κ3) is 7.24. The van der Waals surface area contributed by atoms with Crippen molar-refractivity contribution in [1.82, 2.24) is 0 Å². The number of benzene rings is 9. The second kappa shape index (κ2) is 19.9. The molecule has 0 aromatic heterocycles. The van der Waals surface area contributed by atoms with E-state index in [0.29, 0.717) is 0 Å². The first-order valence-electron chi connectivity index (χ1n) is 24.0. The first kappa shape index (κ1) is 46.0. The molecule has 12 rings (SSSR count). The highest BCUT2D eigenvalue weighted by Gasteiger charge is 2.51. The van der Waals surface area contributed by atoms with Crippen molar-refractivity contribution in [1.29, 1.82) is 0 Å². The van der Waals surface area contributed by atoms with Gasteiger partial charge in [-0.05, 0) is 112 Å². The lowest BCUT2D eigenvalue weighted by molar-refractivity contribution is 0.760.